The Kier molecular flexibility index (Phi) is 10.8. The van der Waals surface area contributed by atoms with Gasteiger partial charge in [-0.15, -0.1) is 0 Å². The quantitative estimate of drug-likeness (QED) is 0.389. The number of benzene rings is 2. The first kappa shape index (κ1) is 26.0. The van der Waals surface area contributed by atoms with E-state index >= 15 is 0 Å². The molecule has 32 heavy (non-hydrogen) atoms. The van der Waals surface area contributed by atoms with Crippen LogP contribution >= 0.6 is 7.92 Å². The molecule has 5 rings (SSSR count). The summed E-state index contributed by atoms with van der Waals surface area (Å²) in [6.07, 6.45) is 19.6. The SMILES string of the molecule is C[C@@H]1CC[C@@H](C)N1C[C]1[CH][CH][CH][C]1P(c1ccccc1)c1ccccc1.[CH]1[CH][CH][CH][CH]1.[Fe+2]. The van der Waals surface area contributed by atoms with Crippen LogP contribution in [-0.4, -0.2) is 23.5 Å². The molecule has 0 unspecified atom stereocenters. The molecule has 3 heteroatoms. The van der Waals surface area contributed by atoms with Crippen molar-refractivity contribution in [2.45, 2.75) is 38.8 Å². The third-order valence-electron chi connectivity index (χ3n) is 6.19. The fourth-order valence-corrected chi connectivity index (χ4v) is 6.92. The zero-order chi connectivity index (χ0) is 21.5. The molecule has 3 aliphatic rings. The van der Waals surface area contributed by atoms with Gasteiger partial charge in [0.05, 0.1) is 0 Å². The molecular weight excluding hydrogens is 449 g/mol. The van der Waals surface area contributed by atoms with Crippen LogP contribution in [0, 0.1) is 62.9 Å². The van der Waals surface area contributed by atoms with E-state index in [0.29, 0.717) is 12.1 Å². The minimum Gasteiger partial charge on any atom is -0.297 e. The summed E-state index contributed by atoms with van der Waals surface area (Å²) in [6, 6.07) is 23.4. The van der Waals surface area contributed by atoms with Crippen LogP contribution in [0.4, 0.5) is 0 Å². The van der Waals surface area contributed by atoms with Gasteiger partial charge in [0, 0.05) is 30.2 Å². The Morgan fingerprint density at radius 3 is 1.62 bits per heavy atom. The predicted molar refractivity (Wildman–Crippen MR) is 135 cm³/mol. The van der Waals surface area contributed by atoms with Crippen molar-refractivity contribution >= 4 is 18.5 Å². The maximum atomic E-state index is 2.68. The van der Waals surface area contributed by atoms with E-state index in [1.54, 1.807) is 0 Å². The van der Waals surface area contributed by atoms with Crippen LogP contribution in [0.5, 0.6) is 0 Å². The molecule has 164 valence electrons. The van der Waals surface area contributed by atoms with Crippen molar-refractivity contribution in [3.8, 4) is 0 Å². The average Bonchev–Trinajstić information content (AvgIpc) is 3.58. The Labute approximate surface area is 209 Å². The van der Waals surface area contributed by atoms with E-state index in [4.69, 9.17) is 0 Å². The zero-order valence-corrected chi connectivity index (χ0v) is 20.9. The largest absolute Gasteiger partial charge is 2.00 e. The molecule has 10 radical (unpaired) electrons. The number of hydrogen-bond acceptors (Lipinski definition) is 1. The van der Waals surface area contributed by atoms with E-state index in [1.165, 1.54) is 35.0 Å². The monoisotopic (exact) mass is 481 g/mol. The van der Waals surface area contributed by atoms with Crippen LogP contribution in [0.2, 0.25) is 0 Å². The minimum absolute atomic E-state index is 0. The van der Waals surface area contributed by atoms with Crippen molar-refractivity contribution in [3.63, 3.8) is 0 Å². The van der Waals surface area contributed by atoms with Crippen molar-refractivity contribution < 1.29 is 17.1 Å². The third-order valence-corrected chi connectivity index (χ3v) is 8.74. The van der Waals surface area contributed by atoms with Gasteiger partial charge in [0.2, 0.25) is 0 Å². The fraction of sp³-hybridized carbons (Fsp3) is 0.241. The van der Waals surface area contributed by atoms with Gasteiger partial charge in [-0.05, 0) is 96.6 Å². The molecule has 0 bridgehead atoms. The van der Waals surface area contributed by atoms with Gasteiger partial charge in [-0.25, -0.2) is 0 Å². The predicted octanol–water partition coefficient (Wildman–Crippen LogP) is 5.74. The summed E-state index contributed by atoms with van der Waals surface area (Å²) >= 11 is 0. The van der Waals surface area contributed by atoms with Gasteiger partial charge in [-0.3, -0.25) is 4.90 Å². The second-order valence-electron chi connectivity index (χ2n) is 8.35. The number of likely N-dealkylation sites (tertiary alicyclic amines) is 1. The molecule has 1 aliphatic heterocycles. The Morgan fingerprint density at radius 2 is 1.16 bits per heavy atom. The standard InChI is InChI=1S/C24H27NP.C5H5.Fe/c1-19-16-17-20(2)25(19)18-21-10-9-15-24(21)26(22-11-5-3-6-12-22)23-13-7-4-8-14-23;1-2-4-5-3-1;/h3-15,19-20H,16-18H2,1-2H3;1-5H;/q;;+2/t19-,20-;;/m1../s1. The van der Waals surface area contributed by atoms with Gasteiger partial charge < -0.3 is 0 Å². The molecule has 3 fully saturated rings. The maximum absolute atomic E-state index is 2.68. The molecule has 2 aromatic rings. The molecule has 1 heterocycles. The number of hydrogen-bond donors (Lipinski definition) is 0. The summed E-state index contributed by atoms with van der Waals surface area (Å²) in [5.41, 5.74) is 1.52. The molecule has 0 N–H and O–H groups in total. The van der Waals surface area contributed by atoms with Gasteiger partial charge in [-0.1, -0.05) is 60.7 Å². The van der Waals surface area contributed by atoms with Crippen LogP contribution < -0.4 is 10.6 Å². The third kappa shape index (κ3) is 6.70. The Hall–Kier alpha value is -0.651. The molecule has 2 saturated carbocycles. The first-order chi connectivity index (χ1) is 15.2. The van der Waals surface area contributed by atoms with E-state index in [9.17, 15) is 0 Å². The molecule has 2 aliphatic carbocycles. The van der Waals surface area contributed by atoms with E-state index in [1.807, 2.05) is 32.1 Å². The van der Waals surface area contributed by atoms with Gasteiger partial charge in [0.25, 0.3) is 0 Å². The average molecular weight is 481 g/mol. The summed E-state index contributed by atoms with van der Waals surface area (Å²) in [6.45, 7) is 5.83. The molecule has 0 amide bonds. The van der Waals surface area contributed by atoms with Crippen molar-refractivity contribution in [2.24, 2.45) is 0 Å². The van der Waals surface area contributed by atoms with Crippen molar-refractivity contribution in [3.05, 3.63) is 124 Å². The fourth-order valence-electron chi connectivity index (χ4n) is 4.46. The summed E-state index contributed by atoms with van der Waals surface area (Å²) in [4.78, 5) is 2.68. The molecule has 2 atom stereocenters. The van der Waals surface area contributed by atoms with Crippen LogP contribution in [0.1, 0.15) is 26.7 Å². The van der Waals surface area contributed by atoms with Gasteiger partial charge >= 0.3 is 17.1 Å². The van der Waals surface area contributed by atoms with Crippen LogP contribution in [0.3, 0.4) is 0 Å². The molecule has 1 nitrogen and oxygen atoms in total. The van der Waals surface area contributed by atoms with Crippen LogP contribution in [-0.2, 0) is 17.1 Å². The molecular formula is C29H32FeNP+2. The summed E-state index contributed by atoms with van der Waals surface area (Å²) in [7, 11) is -0.505. The molecule has 0 aromatic heterocycles. The van der Waals surface area contributed by atoms with E-state index in [0.717, 1.165) is 6.54 Å². The Balaban J connectivity index is 0.000000427. The molecule has 1 saturated heterocycles. The van der Waals surface area contributed by atoms with Gasteiger partial charge in [0.1, 0.15) is 0 Å². The zero-order valence-electron chi connectivity index (χ0n) is 18.9. The van der Waals surface area contributed by atoms with Crippen molar-refractivity contribution in [1.82, 2.24) is 4.90 Å². The van der Waals surface area contributed by atoms with Gasteiger partial charge in [-0.2, -0.15) is 0 Å². The van der Waals surface area contributed by atoms with Crippen molar-refractivity contribution in [1.29, 1.82) is 0 Å². The molecule has 0 spiro atoms. The van der Waals surface area contributed by atoms with E-state index in [-0.39, 0.29) is 17.1 Å². The van der Waals surface area contributed by atoms with Crippen LogP contribution in [0.15, 0.2) is 60.7 Å². The minimum atomic E-state index is -0.505. The van der Waals surface area contributed by atoms with E-state index in [2.05, 4.69) is 98.7 Å². The van der Waals surface area contributed by atoms with Crippen molar-refractivity contribution in [2.75, 3.05) is 6.54 Å². The number of nitrogens with zero attached hydrogens (tertiary/aromatic N) is 1. The first-order valence-electron chi connectivity index (χ1n) is 11.3. The smallest absolute Gasteiger partial charge is 0.297 e. The Morgan fingerprint density at radius 1 is 0.688 bits per heavy atom. The van der Waals surface area contributed by atoms with Crippen LogP contribution in [0.25, 0.3) is 0 Å². The second kappa shape index (κ2) is 13.3. The van der Waals surface area contributed by atoms with Gasteiger partial charge in [0.15, 0.2) is 0 Å². The summed E-state index contributed by atoms with van der Waals surface area (Å²) in [5, 5.41) is 2.87. The van der Waals surface area contributed by atoms with E-state index < -0.39 is 7.92 Å². The first-order valence-corrected chi connectivity index (χ1v) is 12.7. The normalized spacial score (nSPS) is 24.3. The summed E-state index contributed by atoms with van der Waals surface area (Å²) < 4.78 is 0. The second-order valence-corrected chi connectivity index (χ2v) is 10.5. The Bertz CT molecular complexity index is 706. The number of rotatable bonds is 5. The maximum Gasteiger partial charge on any atom is 2.00 e. The topological polar surface area (TPSA) is 3.24 Å². The molecule has 2 aromatic carbocycles. The summed E-state index contributed by atoms with van der Waals surface area (Å²) in [5.74, 6) is 1.50.